The Morgan fingerprint density at radius 3 is 2.96 bits per heavy atom. The minimum atomic E-state index is -0.206. The number of rotatable bonds is 8. The third-order valence-corrected chi connectivity index (χ3v) is 6.23. The van der Waals surface area contributed by atoms with Gasteiger partial charge in [-0.15, -0.1) is 10.2 Å². The molecule has 0 bridgehead atoms. The predicted octanol–water partition coefficient (Wildman–Crippen LogP) is 3.27. The van der Waals surface area contributed by atoms with Gasteiger partial charge in [0, 0.05) is 26.7 Å². The number of anilines is 1. The fourth-order valence-corrected chi connectivity index (χ4v) is 4.80. The molecule has 3 rings (SSSR count). The molecule has 1 fully saturated rings. The third kappa shape index (κ3) is 5.43. The Morgan fingerprint density at radius 2 is 2.23 bits per heavy atom. The van der Waals surface area contributed by atoms with Crippen LogP contribution in [0.2, 0.25) is 0 Å². The predicted molar refractivity (Wildman–Crippen MR) is 106 cm³/mol. The molecule has 2 unspecified atom stereocenters. The summed E-state index contributed by atoms with van der Waals surface area (Å²) in [6, 6.07) is 10.00. The van der Waals surface area contributed by atoms with Gasteiger partial charge in [0.2, 0.25) is 11.0 Å². The Bertz CT molecular complexity index is 704. The monoisotopic (exact) mass is 392 g/mol. The van der Waals surface area contributed by atoms with Crippen LogP contribution in [0.15, 0.2) is 34.7 Å². The molecule has 1 N–H and O–H groups in total. The van der Waals surface area contributed by atoms with Gasteiger partial charge in [-0.05, 0) is 25.3 Å². The standard InChI is InChI=1S/C18H24N4O2S2/c1-13(16(23)22(2)12-14-7-4-3-5-8-14)25-18-21-20-17(26-18)19-11-15-9-6-10-24-15/h3-5,7-8,13,15H,6,9-12H2,1-2H3,(H,19,20). The zero-order valence-corrected chi connectivity index (χ0v) is 16.7. The molecule has 0 aliphatic carbocycles. The second kappa shape index (κ2) is 9.34. The number of benzene rings is 1. The molecule has 0 spiro atoms. The van der Waals surface area contributed by atoms with Crippen LogP contribution in [0.4, 0.5) is 5.13 Å². The molecule has 1 aliphatic heterocycles. The zero-order valence-electron chi connectivity index (χ0n) is 15.1. The molecule has 6 nitrogen and oxygen atoms in total. The van der Waals surface area contributed by atoms with Gasteiger partial charge in [0.25, 0.3) is 0 Å². The second-order valence-electron chi connectivity index (χ2n) is 6.33. The van der Waals surface area contributed by atoms with Crippen LogP contribution < -0.4 is 5.32 Å². The van der Waals surface area contributed by atoms with Crippen molar-refractivity contribution in [3.8, 4) is 0 Å². The van der Waals surface area contributed by atoms with Crippen LogP contribution in [0.3, 0.4) is 0 Å². The van der Waals surface area contributed by atoms with Crippen LogP contribution in [0.5, 0.6) is 0 Å². The fraction of sp³-hybridized carbons (Fsp3) is 0.500. The van der Waals surface area contributed by atoms with Gasteiger partial charge in [0.05, 0.1) is 11.4 Å². The SMILES string of the molecule is CC(Sc1nnc(NCC2CCCO2)s1)C(=O)N(C)Cc1ccccc1. The number of thioether (sulfide) groups is 1. The van der Waals surface area contributed by atoms with Crippen molar-refractivity contribution in [2.24, 2.45) is 0 Å². The summed E-state index contributed by atoms with van der Waals surface area (Å²) < 4.78 is 6.39. The van der Waals surface area contributed by atoms with E-state index in [1.165, 1.54) is 23.1 Å². The molecule has 140 valence electrons. The Morgan fingerprint density at radius 1 is 1.42 bits per heavy atom. The lowest BCUT2D eigenvalue weighted by atomic mass is 10.2. The fourth-order valence-electron chi connectivity index (χ4n) is 2.78. The first-order chi connectivity index (χ1) is 12.6. The highest BCUT2D eigenvalue weighted by atomic mass is 32.2. The lowest BCUT2D eigenvalue weighted by molar-refractivity contribution is -0.129. The summed E-state index contributed by atoms with van der Waals surface area (Å²) in [5.74, 6) is 0.0860. The average Bonchev–Trinajstić information content (AvgIpc) is 3.32. The topological polar surface area (TPSA) is 67.4 Å². The van der Waals surface area contributed by atoms with E-state index in [4.69, 9.17) is 4.74 Å². The van der Waals surface area contributed by atoms with E-state index in [9.17, 15) is 4.79 Å². The summed E-state index contributed by atoms with van der Waals surface area (Å²) in [7, 11) is 1.83. The van der Waals surface area contributed by atoms with E-state index >= 15 is 0 Å². The largest absolute Gasteiger partial charge is 0.376 e. The van der Waals surface area contributed by atoms with Crippen molar-refractivity contribution in [2.75, 3.05) is 25.5 Å². The van der Waals surface area contributed by atoms with Crippen LogP contribution in [-0.2, 0) is 16.1 Å². The number of carbonyl (C=O) groups excluding carboxylic acids is 1. The maximum atomic E-state index is 12.6. The second-order valence-corrected chi connectivity index (χ2v) is 8.89. The van der Waals surface area contributed by atoms with Crippen LogP contribution in [0, 0.1) is 0 Å². The normalized spacial score (nSPS) is 17.8. The van der Waals surface area contributed by atoms with Crippen molar-refractivity contribution in [2.45, 2.75) is 42.0 Å². The molecule has 0 radical (unpaired) electrons. The summed E-state index contributed by atoms with van der Waals surface area (Å²) in [6.45, 7) is 4.12. The molecular formula is C18H24N4O2S2. The third-order valence-electron chi connectivity index (χ3n) is 4.18. The van der Waals surface area contributed by atoms with Gasteiger partial charge in [-0.3, -0.25) is 4.79 Å². The number of hydrogen-bond donors (Lipinski definition) is 1. The van der Waals surface area contributed by atoms with Crippen LogP contribution in [0.1, 0.15) is 25.3 Å². The summed E-state index contributed by atoms with van der Waals surface area (Å²) in [5, 5.41) is 12.2. The van der Waals surface area contributed by atoms with Gasteiger partial charge < -0.3 is 15.0 Å². The van der Waals surface area contributed by atoms with Crippen LogP contribution in [0.25, 0.3) is 0 Å². The summed E-state index contributed by atoms with van der Waals surface area (Å²) >= 11 is 2.93. The van der Waals surface area contributed by atoms with Gasteiger partial charge in [0.15, 0.2) is 4.34 Å². The Kier molecular flexibility index (Phi) is 6.87. The molecular weight excluding hydrogens is 368 g/mol. The zero-order chi connectivity index (χ0) is 18.4. The van der Waals surface area contributed by atoms with Gasteiger partial charge in [-0.25, -0.2) is 0 Å². The molecule has 2 aromatic rings. The number of hydrogen-bond acceptors (Lipinski definition) is 7. The van der Waals surface area contributed by atoms with Gasteiger partial charge in [0.1, 0.15) is 0 Å². The van der Waals surface area contributed by atoms with E-state index in [1.807, 2.05) is 44.3 Å². The molecule has 2 heterocycles. The number of nitrogens with one attached hydrogen (secondary N) is 1. The minimum absolute atomic E-state index is 0.0860. The lowest BCUT2D eigenvalue weighted by Crippen LogP contribution is -2.32. The van der Waals surface area contributed by atoms with Crippen molar-refractivity contribution in [3.63, 3.8) is 0 Å². The average molecular weight is 393 g/mol. The Hall–Kier alpha value is -1.64. The summed E-state index contributed by atoms with van der Waals surface area (Å²) in [4.78, 5) is 14.3. The van der Waals surface area contributed by atoms with Gasteiger partial charge >= 0.3 is 0 Å². The lowest BCUT2D eigenvalue weighted by Gasteiger charge is -2.20. The van der Waals surface area contributed by atoms with Crippen molar-refractivity contribution >= 4 is 34.1 Å². The quantitative estimate of drug-likeness (QED) is 0.696. The van der Waals surface area contributed by atoms with Crippen LogP contribution in [-0.4, -0.2) is 52.6 Å². The number of nitrogens with zero attached hydrogens (tertiary/aromatic N) is 3. The molecule has 0 saturated carbocycles. The van der Waals surface area contributed by atoms with Crippen molar-refractivity contribution in [1.82, 2.24) is 15.1 Å². The van der Waals surface area contributed by atoms with E-state index in [0.29, 0.717) is 6.54 Å². The maximum Gasteiger partial charge on any atom is 0.235 e. The number of ether oxygens (including phenoxy) is 1. The number of amides is 1. The van der Waals surface area contributed by atoms with Crippen molar-refractivity contribution in [3.05, 3.63) is 35.9 Å². The molecule has 1 aromatic carbocycles. The van der Waals surface area contributed by atoms with Gasteiger partial charge in [-0.1, -0.05) is 53.4 Å². The highest BCUT2D eigenvalue weighted by Crippen LogP contribution is 2.30. The first kappa shape index (κ1) is 19.1. The van der Waals surface area contributed by atoms with E-state index in [0.717, 1.165) is 41.0 Å². The van der Waals surface area contributed by atoms with Crippen LogP contribution >= 0.6 is 23.1 Å². The molecule has 26 heavy (non-hydrogen) atoms. The highest BCUT2D eigenvalue weighted by molar-refractivity contribution is 8.02. The Balaban J connectivity index is 1.47. The van der Waals surface area contributed by atoms with E-state index in [-0.39, 0.29) is 17.3 Å². The molecule has 2 atom stereocenters. The molecule has 8 heteroatoms. The van der Waals surface area contributed by atoms with Gasteiger partial charge in [-0.2, -0.15) is 0 Å². The molecule has 1 amide bonds. The van der Waals surface area contributed by atoms with Crippen molar-refractivity contribution in [1.29, 1.82) is 0 Å². The summed E-state index contributed by atoms with van der Waals surface area (Å²) in [5.41, 5.74) is 1.12. The molecule has 1 aliphatic rings. The van der Waals surface area contributed by atoms with E-state index in [2.05, 4.69) is 15.5 Å². The summed E-state index contributed by atoms with van der Waals surface area (Å²) in [6.07, 6.45) is 2.48. The first-order valence-corrected chi connectivity index (χ1v) is 10.5. The van der Waals surface area contributed by atoms with E-state index < -0.39 is 0 Å². The van der Waals surface area contributed by atoms with Crippen molar-refractivity contribution < 1.29 is 9.53 Å². The molecule has 1 aromatic heterocycles. The molecule has 1 saturated heterocycles. The smallest absolute Gasteiger partial charge is 0.235 e. The maximum absolute atomic E-state index is 12.6. The number of aromatic nitrogens is 2. The highest BCUT2D eigenvalue weighted by Gasteiger charge is 2.21. The van der Waals surface area contributed by atoms with E-state index in [1.54, 1.807) is 4.90 Å². The first-order valence-electron chi connectivity index (χ1n) is 8.76. The minimum Gasteiger partial charge on any atom is -0.376 e. The number of carbonyl (C=O) groups is 1. The Labute approximate surface area is 162 Å².